The number of aromatic hydroxyl groups is 1. The second-order valence-electron chi connectivity index (χ2n) is 7.74. The second kappa shape index (κ2) is 10.5. The van der Waals surface area contributed by atoms with E-state index in [0.717, 1.165) is 42.1 Å². The number of nitrogens with zero attached hydrogens (tertiary/aromatic N) is 2. The number of aromatic nitrogens is 1. The first kappa shape index (κ1) is 22.8. The SMILES string of the molecule is C#CCNC(=S)N1CCC(c2nc(C(=O)Nc3ccccc3-c3ccc(O)cc3)cs2)CC1. The third-order valence-electron chi connectivity index (χ3n) is 5.58. The lowest BCUT2D eigenvalue weighted by atomic mass is 9.98. The van der Waals surface area contributed by atoms with Gasteiger partial charge in [0.1, 0.15) is 11.4 Å². The number of thiocarbonyl (C=S) groups is 1. The highest BCUT2D eigenvalue weighted by molar-refractivity contribution is 7.80. The van der Waals surface area contributed by atoms with E-state index in [1.54, 1.807) is 12.1 Å². The lowest BCUT2D eigenvalue weighted by Gasteiger charge is -2.32. The zero-order chi connectivity index (χ0) is 23.2. The Kier molecular flexibility index (Phi) is 7.23. The predicted molar refractivity (Wildman–Crippen MR) is 137 cm³/mol. The molecule has 0 atom stereocenters. The molecule has 4 rings (SSSR count). The van der Waals surface area contributed by atoms with Gasteiger partial charge in [0.05, 0.1) is 11.6 Å². The fourth-order valence-electron chi connectivity index (χ4n) is 3.82. The van der Waals surface area contributed by atoms with E-state index in [4.69, 9.17) is 18.6 Å². The largest absolute Gasteiger partial charge is 0.508 e. The first-order valence-corrected chi connectivity index (χ1v) is 12.0. The van der Waals surface area contributed by atoms with Gasteiger partial charge < -0.3 is 20.6 Å². The summed E-state index contributed by atoms with van der Waals surface area (Å²) < 4.78 is 0. The number of likely N-dealkylation sites (tertiary alicyclic amines) is 1. The molecule has 1 aliphatic rings. The van der Waals surface area contributed by atoms with E-state index in [0.29, 0.717) is 29.0 Å². The molecule has 1 aliphatic heterocycles. The summed E-state index contributed by atoms with van der Waals surface area (Å²) in [6, 6.07) is 14.5. The Bertz CT molecular complexity index is 1180. The van der Waals surface area contributed by atoms with Crippen molar-refractivity contribution in [3.8, 4) is 29.2 Å². The maximum Gasteiger partial charge on any atom is 0.275 e. The molecule has 0 aliphatic carbocycles. The van der Waals surface area contributed by atoms with Crippen LogP contribution in [0.3, 0.4) is 0 Å². The van der Waals surface area contributed by atoms with Gasteiger partial charge in [0.15, 0.2) is 5.11 Å². The summed E-state index contributed by atoms with van der Waals surface area (Å²) in [5, 5.41) is 19.1. The van der Waals surface area contributed by atoms with Gasteiger partial charge in [-0.25, -0.2) is 4.98 Å². The van der Waals surface area contributed by atoms with Crippen LogP contribution in [0.25, 0.3) is 11.1 Å². The molecule has 0 spiro atoms. The average molecular weight is 477 g/mol. The van der Waals surface area contributed by atoms with Crippen molar-refractivity contribution in [2.24, 2.45) is 0 Å². The van der Waals surface area contributed by atoms with Crippen molar-refractivity contribution in [2.45, 2.75) is 18.8 Å². The van der Waals surface area contributed by atoms with Crippen LogP contribution in [-0.4, -0.2) is 45.6 Å². The van der Waals surface area contributed by atoms with Crippen LogP contribution in [0.5, 0.6) is 5.75 Å². The Balaban J connectivity index is 1.40. The van der Waals surface area contributed by atoms with Crippen molar-refractivity contribution >= 4 is 40.3 Å². The number of anilines is 1. The van der Waals surface area contributed by atoms with Gasteiger partial charge in [-0.1, -0.05) is 36.3 Å². The van der Waals surface area contributed by atoms with E-state index in [2.05, 4.69) is 26.4 Å². The number of carbonyl (C=O) groups is 1. The van der Waals surface area contributed by atoms with Crippen molar-refractivity contribution in [2.75, 3.05) is 25.0 Å². The van der Waals surface area contributed by atoms with Crippen LogP contribution in [0.4, 0.5) is 5.69 Å². The molecule has 1 amide bonds. The van der Waals surface area contributed by atoms with Crippen molar-refractivity contribution in [1.82, 2.24) is 15.2 Å². The minimum absolute atomic E-state index is 0.201. The molecular weight excluding hydrogens is 452 g/mol. The standard InChI is InChI=1S/C25H24N4O2S2/c1-2-13-26-25(32)29-14-11-18(12-15-29)24-28-22(16-33-24)23(31)27-21-6-4-3-5-20(21)17-7-9-19(30)10-8-17/h1,3-10,16,18,30H,11-15H2,(H,26,32)(H,27,31). The van der Waals surface area contributed by atoms with Crippen LogP contribution in [0.15, 0.2) is 53.9 Å². The molecule has 0 radical (unpaired) electrons. The van der Waals surface area contributed by atoms with Gasteiger partial charge in [0.2, 0.25) is 0 Å². The molecule has 2 heterocycles. The Labute approximate surface area is 202 Å². The molecule has 33 heavy (non-hydrogen) atoms. The maximum atomic E-state index is 12.9. The van der Waals surface area contributed by atoms with E-state index in [9.17, 15) is 9.90 Å². The molecule has 3 aromatic rings. The Morgan fingerprint density at radius 1 is 1.21 bits per heavy atom. The Morgan fingerprint density at radius 3 is 2.67 bits per heavy atom. The normalized spacial score (nSPS) is 13.8. The highest BCUT2D eigenvalue weighted by Crippen LogP contribution is 2.32. The number of terminal acetylenes is 1. The van der Waals surface area contributed by atoms with Crippen LogP contribution in [0.2, 0.25) is 0 Å². The fraction of sp³-hybridized carbons (Fsp3) is 0.240. The minimum atomic E-state index is -0.235. The number of phenolic OH excluding ortho intramolecular Hbond substituents is 1. The first-order chi connectivity index (χ1) is 16.0. The maximum absolute atomic E-state index is 12.9. The Hall–Kier alpha value is -3.41. The summed E-state index contributed by atoms with van der Waals surface area (Å²) in [5.41, 5.74) is 2.90. The molecule has 1 saturated heterocycles. The highest BCUT2D eigenvalue weighted by atomic mass is 32.1. The molecule has 6 nitrogen and oxygen atoms in total. The quantitative estimate of drug-likeness (QED) is 0.373. The van der Waals surface area contributed by atoms with Crippen LogP contribution < -0.4 is 10.6 Å². The number of hydrogen-bond donors (Lipinski definition) is 3. The van der Waals surface area contributed by atoms with Crippen LogP contribution in [0.1, 0.15) is 34.3 Å². The van der Waals surface area contributed by atoms with Gasteiger partial charge in [-0.15, -0.1) is 17.8 Å². The van der Waals surface area contributed by atoms with Gasteiger partial charge in [-0.05, 0) is 48.8 Å². The van der Waals surface area contributed by atoms with Crippen LogP contribution in [0, 0.1) is 12.3 Å². The molecule has 168 valence electrons. The number of benzene rings is 2. The summed E-state index contributed by atoms with van der Waals surface area (Å²) in [7, 11) is 0. The van der Waals surface area contributed by atoms with Gasteiger partial charge in [-0.3, -0.25) is 4.79 Å². The predicted octanol–water partition coefficient (Wildman–Crippen LogP) is 4.46. The highest BCUT2D eigenvalue weighted by Gasteiger charge is 2.25. The molecule has 0 saturated carbocycles. The molecule has 2 aromatic carbocycles. The molecule has 1 fully saturated rings. The monoisotopic (exact) mass is 476 g/mol. The molecule has 8 heteroatoms. The number of hydrogen-bond acceptors (Lipinski definition) is 5. The summed E-state index contributed by atoms with van der Waals surface area (Å²) in [6.45, 7) is 2.10. The average Bonchev–Trinajstić information content (AvgIpc) is 3.34. The third kappa shape index (κ3) is 5.51. The number of piperidine rings is 1. The lowest BCUT2D eigenvalue weighted by Crippen LogP contribution is -2.44. The molecule has 3 N–H and O–H groups in total. The summed E-state index contributed by atoms with van der Waals surface area (Å²) in [6.07, 6.45) is 7.14. The van der Waals surface area contributed by atoms with Crippen molar-refractivity contribution in [3.05, 3.63) is 64.6 Å². The zero-order valence-corrected chi connectivity index (χ0v) is 19.6. The number of rotatable bonds is 5. The second-order valence-corrected chi connectivity index (χ2v) is 9.02. The van der Waals surface area contributed by atoms with E-state index in [1.165, 1.54) is 11.3 Å². The summed E-state index contributed by atoms with van der Waals surface area (Å²) >= 11 is 6.92. The number of nitrogens with one attached hydrogen (secondary N) is 2. The fourth-order valence-corrected chi connectivity index (χ4v) is 5.04. The molecule has 0 unspecified atom stereocenters. The smallest absolute Gasteiger partial charge is 0.275 e. The summed E-state index contributed by atoms with van der Waals surface area (Å²) in [4.78, 5) is 19.7. The zero-order valence-electron chi connectivity index (χ0n) is 18.0. The van der Waals surface area contributed by atoms with E-state index in [1.807, 2.05) is 41.8 Å². The van der Waals surface area contributed by atoms with Crippen LogP contribution >= 0.6 is 23.6 Å². The topological polar surface area (TPSA) is 77.5 Å². The van der Waals surface area contributed by atoms with Gasteiger partial charge in [0, 0.05) is 35.6 Å². The lowest BCUT2D eigenvalue weighted by molar-refractivity contribution is 0.102. The van der Waals surface area contributed by atoms with Crippen molar-refractivity contribution in [1.29, 1.82) is 0 Å². The number of thiazole rings is 1. The van der Waals surface area contributed by atoms with E-state index < -0.39 is 0 Å². The van der Waals surface area contributed by atoms with Crippen molar-refractivity contribution < 1.29 is 9.90 Å². The third-order valence-corrected chi connectivity index (χ3v) is 6.99. The number of carbonyl (C=O) groups excluding carboxylic acids is 1. The summed E-state index contributed by atoms with van der Waals surface area (Å²) in [5.74, 6) is 2.81. The van der Waals surface area contributed by atoms with Gasteiger partial charge in [-0.2, -0.15) is 0 Å². The van der Waals surface area contributed by atoms with Gasteiger partial charge >= 0.3 is 0 Å². The van der Waals surface area contributed by atoms with E-state index in [-0.39, 0.29) is 11.7 Å². The minimum Gasteiger partial charge on any atom is -0.508 e. The number of para-hydroxylation sites is 1. The first-order valence-electron chi connectivity index (χ1n) is 10.7. The van der Waals surface area contributed by atoms with E-state index >= 15 is 0 Å². The molecule has 0 bridgehead atoms. The van der Waals surface area contributed by atoms with Crippen molar-refractivity contribution in [3.63, 3.8) is 0 Å². The number of amides is 1. The van der Waals surface area contributed by atoms with Gasteiger partial charge in [0.25, 0.3) is 5.91 Å². The number of phenols is 1. The van der Waals surface area contributed by atoms with Crippen LogP contribution in [-0.2, 0) is 0 Å². The molecular formula is C25H24N4O2S2. The Morgan fingerprint density at radius 2 is 1.94 bits per heavy atom. The molecule has 1 aromatic heterocycles.